The lowest BCUT2D eigenvalue weighted by Crippen LogP contribution is -2.34. The first kappa shape index (κ1) is 18.9. The molecule has 1 aliphatic rings. The normalized spacial score (nSPS) is 16.8. The maximum Gasteiger partial charge on any atom is 0.223 e. The Bertz CT molecular complexity index is 905. The Morgan fingerprint density at radius 1 is 1.21 bits per heavy atom. The van der Waals surface area contributed by atoms with E-state index in [-0.39, 0.29) is 5.91 Å². The number of likely N-dealkylation sites (tertiary alicyclic amines) is 1. The molecule has 2 heterocycles. The topological polar surface area (TPSA) is 54.5 Å². The van der Waals surface area contributed by atoms with Gasteiger partial charge < -0.3 is 15.0 Å². The van der Waals surface area contributed by atoms with E-state index < -0.39 is 0 Å². The van der Waals surface area contributed by atoms with E-state index in [0.717, 1.165) is 42.2 Å². The van der Waals surface area contributed by atoms with Gasteiger partial charge in [-0.25, -0.2) is 4.98 Å². The summed E-state index contributed by atoms with van der Waals surface area (Å²) in [5, 5.41) is 4.52. The zero-order valence-corrected chi connectivity index (χ0v) is 16.9. The first-order valence-corrected chi connectivity index (χ1v) is 10.5. The molecule has 146 valence electrons. The summed E-state index contributed by atoms with van der Waals surface area (Å²) in [4.78, 5) is 19.1. The fourth-order valence-electron chi connectivity index (χ4n) is 3.69. The summed E-state index contributed by atoms with van der Waals surface area (Å²) in [6.45, 7) is 2.34. The molecule has 1 aliphatic heterocycles. The third kappa shape index (κ3) is 4.34. The number of ether oxygens (including phenoxy) is 1. The predicted octanol–water partition coefficient (Wildman–Crippen LogP) is 3.98. The van der Waals surface area contributed by atoms with Crippen LogP contribution in [0.1, 0.15) is 29.8 Å². The lowest BCUT2D eigenvalue weighted by atomic mass is 10.1. The molecule has 28 heavy (non-hydrogen) atoms. The van der Waals surface area contributed by atoms with Gasteiger partial charge in [-0.1, -0.05) is 24.3 Å². The average molecular weight is 396 g/mol. The van der Waals surface area contributed by atoms with Gasteiger partial charge in [0, 0.05) is 19.0 Å². The van der Waals surface area contributed by atoms with Crippen LogP contribution in [0.3, 0.4) is 0 Å². The fraction of sp³-hybridized carbons (Fsp3) is 0.364. The minimum Gasteiger partial charge on any atom is -0.497 e. The van der Waals surface area contributed by atoms with E-state index in [1.807, 2.05) is 35.2 Å². The highest BCUT2D eigenvalue weighted by Crippen LogP contribution is 2.27. The van der Waals surface area contributed by atoms with Crippen molar-refractivity contribution < 1.29 is 9.53 Å². The summed E-state index contributed by atoms with van der Waals surface area (Å²) in [6.07, 6.45) is 2.55. The van der Waals surface area contributed by atoms with Gasteiger partial charge in [0.2, 0.25) is 5.91 Å². The number of benzene rings is 2. The molecule has 1 fully saturated rings. The number of nitrogens with zero attached hydrogens (tertiary/aromatic N) is 2. The molecule has 1 saturated heterocycles. The minimum absolute atomic E-state index is 0.249. The molecule has 1 unspecified atom stereocenters. The van der Waals surface area contributed by atoms with Gasteiger partial charge in [-0.2, -0.15) is 0 Å². The number of hydrogen-bond acceptors (Lipinski definition) is 5. The summed E-state index contributed by atoms with van der Waals surface area (Å²) in [5.41, 5.74) is 2.25. The fourth-order valence-corrected chi connectivity index (χ4v) is 4.66. The molecule has 0 radical (unpaired) electrons. The number of thiazole rings is 1. The summed E-state index contributed by atoms with van der Waals surface area (Å²) < 4.78 is 6.37. The largest absolute Gasteiger partial charge is 0.497 e. The number of methoxy groups -OCH3 is 1. The third-order valence-electron chi connectivity index (χ3n) is 5.24. The Balaban J connectivity index is 1.30. The van der Waals surface area contributed by atoms with Crippen molar-refractivity contribution in [2.45, 2.75) is 38.4 Å². The van der Waals surface area contributed by atoms with E-state index in [0.29, 0.717) is 19.0 Å². The molecule has 4 rings (SSSR count). The van der Waals surface area contributed by atoms with Crippen molar-refractivity contribution in [1.29, 1.82) is 0 Å². The number of rotatable bonds is 8. The number of fused-ring (bicyclic) bond motifs is 1. The van der Waals surface area contributed by atoms with Crippen LogP contribution >= 0.6 is 11.3 Å². The van der Waals surface area contributed by atoms with Crippen molar-refractivity contribution in [2.24, 2.45) is 0 Å². The second-order valence-corrected chi connectivity index (χ2v) is 8.22. The van der Waals surface area contributed by atoms with E-state index in [2.05, 4.69) is 23.5 Å². The minimum atomic E-state index is 0.249. The second-order valence-electron chi connectivity index (χ2n) is 7.10. The molecule has 1 N–H and O–H groups in total. The smallest absolute Gasteiger partial charge is 0.223 e. The number of nitrogens with one attached hydrogen (secondary N) is 1. The number of amides is 1. The van der Waals surface area contributed by atoms with Crippen LogP contribution in [0.5, 0.6) is 5.75 Å². The van der Waals surface area contributed by atoms with E-state index in [1.54, 1.807) is 18.4 Å². The van der Waals surface area contributed by atoms with Crippen LogP contribution in [0.4, 0.5) is 0 Å². The highest BCUT2D eigenvalue weighted by molar-refractivity contribution is 7.18. The Morgan fingerprint density at radius 2 is 2.04 bits per heavy atom. The molecule has 6 heteroatoms. The highest BCUT2D eigenvalue weighted by Gasteiger charge is 2.31. The number of carbonyl (C=O) groups is 1. The molecular weight excluding hydrogens is 370 g/mol. The summed E-state index contributed by atoms with van der Waals surface area (Å²) in [5.74, 6) is 1.12. The van der Waals surface area contributed by atoms with Crippen molar-refractivity contribution in [3.05, 3.63) is 59.1 Å². The summed E-state index contributed by atoms with van der Waals surface area (Å²) >= 11 is 1.69. The third-order valence-corrected chi connectivity index (χ3v) is 6.26. The van der Waals surface area contributed by atoms with Gasteiger partial charge in [-0.3, -0.25) is 4.79 Å². The van der Waals surface area contributed by atoms with E-state index >= 15 is 0 Å². The second kappa shape index (κ2) is 8.71. The lowest BCUT2D eigenvalue weighted by Gasteiger charge is -2.24. The summed E-state index contributed by atoms with van der Waals surface area (Å²) in [6, 6.07) is 16.5. The predicted molar refractivity (Wildman–Crippen MR) is 113 cm³/mol. The van der Waals surface area contributed by atoms with Crippen LogP contribution in [0, 0.1) is 0 Å². The molecule has 1 amide bonds. The molecule has 1 atom stereocenters. The zero-order chi connectivity index (χ0) is 19.3. The van der Waals surface area contributed by atoms with Crippen molar-refractivity contribution in [1.82, 2.24) is 15.2 Å². The lowest BCUT2D eigenvalue weighted by molar-refractivity contribution is -0.129. The quantitative estimate of drug-likeness (QED) is 0.586. The maximum absolute atomic E-state index is 12.4. The van der Waals surface area contributed by atoms with Crippen molar-refractivity contribution in [3.63, 3.8) is 0 Å². The standard InChI is InChI=1S/C22H25N3O2S/c1-27-18-9-6-16(7-10-18)14-23-13-12-17-8-11-22(26)25(17)15-21-24-19-4-2-3-5-20(19)28-21/h2-7,9-10,17,23H,8,11-15H2,1H3. The van der Waals surface area contributed by atoms with Crippen LogP contribution in [0.25, 0.3) is 10.2 Å². The van der Waals surface area contributed by atoms with Crippen LogP contribution in [0.15, 0.2) is 48.5 Å². The molecule has 0 bridgehead atoms. The van der Waals surface area contributed by atoms with Crippen LogP contribution in [0.2, 0.25) is 0 Å². The van der Waals surface area contributed by atoms with Gasteiger partial charge in [0.05, 0.1) is 23.9 Å². The number of hydrogen-bond donors (Lipinski definition) is 1. The Kier molecular flexibility index (Phi) is 5.88. The maximum atomic E-state index is 12.4. The number of para-hydroxylation sites is 1. The first-order chi connectivity index (χ1) is 13.7. The van der Waals surface area contributed by atoms with Crippen molar-refractivity contribution >= 4 is 27.5 Å². The first-order valence-electron chi connectivity index (χ1n) is 9.70. The molecule has 2 aromatic carbocycles. The molecule has 5 nitrogen and oxygen atoms in total. The van der Waals surface area contributed by atoms with E-state index in [1.165, 1.54) is 10.3 Å². The Hall–Kier alpha value is -2.44. The van der Waals surface area contributed by atoms with Crippen LogP contribution in [-0.2, 0) is 17.9 Å². The monoisotopic (exact) mass is 395 g/mol. The van der Waals surface area contributed by atoms with Crippen LogP contribution < -0.4 is 10.1 Å². The Morgan fingerprint density at radius 3 is 2.82 bits per heavy atom. The molecule has 0 saturated carbocycles. The Labute approximate surface area is 169 Å². The SMILES string of the molecule is COc1ccc(CNCCC2CCC(=O)N2Cc2nc3ccccc3s2)cc1. The van der Waals surface area contributed by atoms with Gasteiger partial charge in [-0.15, -0.1) is 11.3 Å². The molecule has 0 aliphatic carbocycles. The van der Waals surface area contributed by atoms with Gasteiger partial charge in [0.25, 0.3) is 0 Å². The molecule has 0 spiro atoms. The van der Waals surface area contributed by atoms with Gasteiger partial charge in [0.1, 0.15) is 10.8 Å². The van der Waals surface area contributed by atoms with Crippen LogP contribution in [-0.4, -0.2) is 35.5 Å². The summed E-state index contributed by atoms with van der Waals surface area (Å²) in [7, 11) is 1.68. The van der Waals surface area contributed by atoms with Crippen molar-refractivity contribution in [2.75, 3.05) is 13.7 Å². The van der Waals surface area contributed by atoms with Crippen molar-refractivity contribution in [3.8, 4) is 5.75 Å². The highest BCUT2D eigenvalue weighted by atomic mass is 32.1. The van der Waals surface area contributed by atoms with E-state index in [9.17, 15) is 4.79 Å². The molecular formula is C22H25N3O2S. The zero-order valence-electron chi connectivity index (χ0n) is 16.1. The van der Waals surface area contributed by atoms with E-state index in [4.69, 9.17) is 9.72 Å². The molecule has 1 aromatic heterocycles. The number of aromatic nitrogens is 1. The number of carbonyl (C=O) groups excluding carboxylic acids is 1. The van der Waals surface area contributed by atoms with Gasteiger partial charge >= 0.3 is 0 Å². The van der Waals surface area contributed by atoms with Gasteiger partial charge in [0.15, 0.2) is 0 Å². The molecule has 3 aromatic rings. The van der Waals surface area contributed by atoms with Gasteiger partial charge in [-0.05, 0) is 49.2 Å². The average Bonchev–Trinajstić information content (AvgIpc) is 3.29.